The lowest BCUT2D eigenvalue weighted by molar-refractivity contribution is -0.122. The number of nitrogens with zero attached hydrogens (tertiary/aromatic N) is 1. The summed E-state index contributed by atoms with van der Waals surface area (Å²) in [6.07, 6.45) is 3.04. The molecule has 30 heavy (non-hydrogen) atoms. The van der Waals surface area contributed by atoms with Crippen molar-refractivity contribution in [2.75, 3.05) is 46.5 Å². The van der Waals surface area contributed by atoms with Crippen molar-refractivity contribution in [1.82, 2.24) is 15.5 Å². The van der Waals surface area contributed by atoms with Gasteiger partial charge in [0.15, 0.2) is 0 Å². The van der Waals surface area contributed by atoms with E-state index in [0.717, 1.165) is 39.3 Å². The number of hydrogen-bond donors (Lipinski definition) is 2. The molecule has 1 atom stereocenters. The Bertz CT molecular complexity index is 739. The highest BCUT2D eigenvalue weighted by Crippen LogP contribution is 2.31. The summed E-state index contributed by atoms with van der Waals surface area (Å²) in [6.45, 7) is 5.00. The summed E-state index contributed by atoms with van der Waals surface area (Å²) in [4.78, 5) is 26.6. The van der Waals surface area contributed by atoms with E-state index >= 15 is 0 Å². The third-order valence-corrected chi connectivity index (χ3v) is 5.93. The van der Waals surface area contributed by atoms with Crippen molar-refractivity contribution < 1.29 is 23.5 Å². The Morgan fingerprint density at radius 1 is 1.37 bits per heavy atom. The van der Waals surface area contributed by atoms with Crippen LogP contribution < -0.4 is 15.4 Å². The SMILES string of the molecule is COc1ccc(C[C@@]2(CCC(=O)NCCCN3CCOCC3)CCC(=O)N2)c(F)c1. The van der Waals surface area contributed by atoms with Crippen LogP contribution in [0.15, 0.2) is 18.2 Å². The molecular formula is C22H32FN3O4. The number of ether oxygens (including phenoxy) is 2. The smallest absolute Gasteiger partial charge is 0.220 e. The minimum absolute atomic E-state index is 0.0345. The Hall–Kier alpha value is -2.19. The van der Waals surface area contributed by atoms with Gasteiger partial charge in [-0.1, -0.05) is 6.07 Å². The normalized spacial score (nSPS) is 22.0. The van der Waals surface area contributed by atoms with Gasteiger partial charge in [-0.3, -0.25) is 14.5 Å². The van der Waals surface area contributed by atoms with Crippen molar-refractivity contribution in [3.8, 4) is 5.75 Å². The molecule has 0 radical (unpaired) electrons. The fourth-order valence-electron chi connectivity index (χ4n) is 4.14. The Morgan fingerprint density at radius 2 is 2.17 bits per heavy atom. The van der Waals surface area contributed by atoms with E-state index in [1.165, 1.54) is 13.2 Å². The predicted molar refractivity (Wildman–Crippen MR) is 111 cm³/mol. The van der Waals surface area contributed by atoms with E-state index in [1.807, 2.05) is 0 Å². The highest BCUT2D eigenvalue weighted by Gasteiger charge is 2.38. The van der Waals surface area contributed by atoms with E-state index in [4.69, 9.17) is 9.47 Å². The molecule has 2 saturated heterocycles. The van der Waals surface area contributed by atoms with E-state index in [1.54, 1.807) is 12.1 Å². The van der Waals surface area contributed by atoms with E-state index < -0.39 is 5.54 Å². The van der Waals surface area contributed by atoms with E-state index in [2.05, 4.69) is 15.5 Å². The van der Waals surface area contributed by atoms with Gasteiger partial charge in [-0.2, -0.15) is 0 Å². The number of carbonyl (C=O) groups excluding carboxylic acids is 2. The first-order valence-corrected chi connectivity index (χ1v) is 10.7. The maximum absolute atomic E-state index is 14.4. The lowest BCUT2D eigenvalue weighted by Gasteiger charge is -2.29. The average molecular weight is 422 g/mol. The largest absolute Gasteiger partial charge is 0.497 e. The van der Waals surface area contributed by atoms with Crippen molar-refractivity contribution in [2.45, 2.75) is 44.1 Å². The summed E-state index contributed by atoms with van der Waals surface area (Å²) in [6, 6.07) is 4.75. The zero-order chi connectivity index (χ0) is 21.4. The second kappa shape index (κ2) is 10.7. The molecule has 2 amide bonds. The first kappa shape index (κ1) is 22.5. The standard InChI is InChI=1S/C22H32FN3O4/c1-29-18-4-3-17(19(23)15-18)16-22(8-6-21(28)25-22)7-5-20(27)24-9-2-10-26-11-13-30-14-12-26/h3-4,15H,2,5-14,16H2,1H3,(H,24,27)(H,25,28)/t22-/m1/s1. The molecule has 3 rings (SSSR count). The van der Waals surface area contributed by atoms with Crippen LogP contribution in [0.5, 0.6) is 5.75 Å². The highest BCUT2D eigenvalue weighted by atomic mass is 19.1. The molecule has 0 spiro atoms. The fourth-order valence-corrected chi connectivity index (χ4v) is 4.14. The number of morpholine rings is 1. The summed E-state index contributed by atoms with van der Waals surface area (Å²) >= 11 is 0. The van der Waals surface area contributed by atoms with Gasteiger partial charge in [0.25, 0.3) is 0 Å². The minimum Gasteiger partial charge on any atom is -0.497 e. The molecule has 8 heteroatoms. The number of methoxy groups -OCH3 is 1. The number of carbonyl (C=O) groups is 2. The first-order chi connectivity index (χ1) is 14.5. The Kier molecular flexibility index (Phi) is 8.04. The van der Waals surface area contributed by atoms with E-state index in [0.29, 0.717) is 50.0 Å². The predicted octanol–water partition coefficient (Wildman–Crippen LogP) is 1.64. The summed E-state index contributed by atoms with van der Waals surface area (Å²) in [7, 11) is 1.49. The van der Waals surface area contributed by atoms with Crippen LogP contribution in [0, 0.1) is 5.82 Å². The van der Waals surface area contributed by atoms with Gasteiger partial charge in [0.1, 0.15) is 11.6 Å². The molecule has 0 bridgehead atoms. The van der Waals surface area contributed by atoms with Crippen molar-refractivity contribution >= 4 is 11.8 Å². The molecule has 166 valence electrons. The first-order valence-electron chi connectivity index (χ1n) is 10.7. The van der Waals surface area contributed by atoms with Gasteiger partial charge in [-0.15, -0.1) is 0 Å². The number of benzene rings is 1. The maximum atomic E-state index is 14.4. The van der Waals surface area contributed by atoms with Crippen LogP contribution in [-0.4, -0.2) is 68.8 Å². The van der Waals surface area contributed by atoms with Gasteiger partial charge in [0.05, 0.1) is 20.3 Å². The topological polar surface area (TPSA) is 79.9 Å². The van der Waals surface area contributed by atoms with Crippen LogP contribution in [0.25, 0.3) is 0 Å². The van der Waals surface area contributed by atoms with Crippen molar-refractivity contribution in [1.29, 1.82) is 0 Å². The fraction of sp³-hybridized carbons (Fsp3) is 0.636. The maximum Gasteiger partial charge on any atom is 0.220 e. The number of amides is 2. The Morgan fingerprint density at radius 3 is 2.83 bits per heavy atom. The zero-order valence-electron chi connectivity index (χ0n) is 17.7. The molecule has 2 N–H and O–H groups in total. The van der Waals surface area contributed by atoms with Crippen LogP contribution in [0.1, 0.15) is 37.7 Å². The van der Waals surface area contributed by atoms with Crippen molar-refractivity contribution in [3.05, 3.63) is 29.6 Å². The Labute approximate surface area is 177 Å². The summed E-state index contributed by atoms with van der Waals surface area (Å²) in [5.41, 5.74) is -0.0681. The molecule has 2 aliphatic rings. The summed E-state index contributed by atoms with van der Waals surface area (Å²) in [5, 5.41) is 5.97. The lowest BCUT2D eigenvalue weighted by Crippen LogP contribution is -2.45. The molecule has 0 aliphatic carbocycles. The third kappa shape index (κ3) is 6.40. The second-order valence-corrected chi connectivity index (χ2v) is 8.12. The van der Waals surface area contributed by atoms with Gasteiger partial charge in [-0.25, -0.2) is 4.39 Å². The van der Waals surface area contributed by atoms with Gasteiger partial charge < -0.3 is 20.1 Å². The molecule has 2 aliphatic heterocycles. The van der Waals surface area contributed by atoms with Crippen molar-refractivity contribution in [2.24, 2.45) is 0 Å². The quantitative estimate of drug-likeness (QED) is 0.562. The summed E-state index contributed by atoms with van der Waals surface area (Å²) in [5.74, 6) is 0.0159. The minimum atomic E-state index is -0.586. The van der Waals surface area contributed by atoms with Crippen LogP contribution in [-0.2, 0) is 20.7 Å². The molecular weight excluding hydrogens is 389 g/mol. The Balaban J connectivity index is 1.47. The van der Waals surface area contributed by atoms with Crippen LogP contribution in [0.3, 0.4) is 0 Å². The average Bonchev–Trinajstić information content (AvgIpc) is 3.12. The molecule has 2 fully saturated rings. The van der Waals surface area contributed by atoms with Crippen LogP contribution in [0.4, 0.5) is 4.39 Å². The summed E-state index contributed by atoms with van der Waals surface area (Å²) < 4.78 is 24.8. The molecule has 1 aromatic carbocycles. The highest BCUT2D eigenvalue weighted by molar-refractivity contribution is 5.80. The van der Waals surface area contributed by atoms with Gasteiger partial charge in [-0.05, 0) is 43.9 Å². The van der Waals surface area contributed by atoms with Gasteiger partial charge in [0.2, 0.25) is 11.8 Å². The third-order valence-electron chi connectivity index (χ3n) is 5.93. The molecule has 2 heterocycles. The number of rotatable bonds is 10. The zero-order valence-corrected chi connectivity index (χ0v) is 17.7. The molecule has 0 aromatic heterocycles. The monoisotopic (exact) mass is 421 g/mol. The molecule has 7 nitrogen and oxygen atoms in total. The van der Waals surface area contributed by atoms with Crippen LogP contribution >= 0.6 is 0 Å². The van der Waals surface area contributed by atoms with Crippen molar-refractivity contribution in [3.63, 3.8) is 0 Å². The molecule has 1 aromatic rings. The van der Waals surface area contributed by atoms with E-state index in [-0.39, 0.29) is 17.6 Å². The van der Waals surface area contributed by atoms with E-state index in [9.17, 15) is 14.0 Å². The number of halogens is 1. The number of hydrogen-bond acceptors (Lipinski definition) is 5. The number of nitrogens with one attached hydrogen (secondary N) is 2. The molecule has 0 saturated carbocycles. The van der Waals surface area contributed by atoms with Gasteiger partial charge in [0, 0.05) is 44.1 Å². The second-order valence-electron chi connectivity index (χ2n) is 8.12. The molecule has 0 unspecified atom stereocenters. The lowest BCUT2D eigenvalue weighted by atomic mass is 9.84. The van der Waals surface area contributed by atoms with Gasteiger partial charge >= 0.3 is 0 Å². The van der Waals surface area contributed by atoms with Crippen LogP contribution in [0.2, 0.25) is 0 Å².